The molecule has 3 aromatic rings. The number of hydrogen-bond acceptors (Lipinski definition) is 4. The zero-order chi connectivity index (χ0) is 20.9. The fraction of sp³-hybridized carbons (Fsp3) is 0.208. The number of nitrogens with one attached hydrogen (secondary N) is 1. The third-order valence-electron chi connectivity index (χ3n) is 4.95. The van der Waals surface area contributed by atoms with E-state index in [2.05, 4.69) is 5.32 Å². The van der Waals surface area contributed by atoms with Crippen molar-refractivity contribution in [2.75, 3.05) is 12.4 Å². The molecule has 2 amide bonds. The van der Waals surface area contributed by atoms with Gasteiger partial charge in [-0.05, 0) is 54.8 Å². The molecule has 0 atom stereocenters. The third kappa shape index (κ3) is 4.66. The van der Waals surface area contributed by atoms with Crippen LogP contribution in [-0.4, -0.2) is 29.2 Å². The monoisotopic (exact) mass is 404 g/mol. The minimum absolute atomic E-state index is 0.0793. The summed E-state index contributed by atoms with van der Waals surface area (Å²) in [5.41, 5.74) is 1.50. The number of phenols is 1. The maximum Gasteiger partial charge on any atom is 0.322 e. The number of urea groups is 1. The molecule has 0 radical (unpaired) electrons. The van der Waals surface area contributed by atoms with E-state index < -0.39 is 0 Å². The van der Waals surface area contributed by atoms with E-state index >= 15 is 0 Å². The minimum atomic E-state index is -0.186. The van der Waals surface area contributed by atoms with Crippen molar-refractivity contribution in [3.63, 3.8) is 0 Å². The lowest BCUT2D eigenvalue weighted by Gasteiger charge is -2.24. The van der Waals surface area contributed by atoms with Crippen molar-refractivity contribution in [3.05, 3.63) is 78.4 Å². The lowest BCUT2D eigenvalue weighted by atomic mass is 10.2. The van der Waals surface area contributed by atoms with Crippen molar-refractivity contribution in [3.8, 4) is 23.0 Å². The average Bonchev–Trinajstić information content (AvgIpc) is 3.60. The Morgan fingerprint density at radius 3 is 2.50 bits per heavy atom. The van der Waals surface area contributed by atoms with Gasteiger partial charge in [0.05, 0.1) is 12.8 Å². The second-order valence-electron chi connectivity index (χ2n) is 7.21. The van der Waals surface area contributed by atoms with Gasteiger partial charge >= 0.3 is 6.03 Å². The number of anilines is 1. The van der Waals surface area contributed by atoms with Gasteiger partial charge in [-0.15, -0.1) is 0 Å². The number of methoxy groups -OCH3 is 1. The predicted octanol–water partition coefficient (Wildman–Crippen LogP) is 5.39. The highest BCUT2D eigenvalue weighted by Gasteiger charge is 2.33. The van der Waals surface area contributed by atoms with Crippen LogP contribution in [0.25, 0.3) is 0 Å². The van der Waals surface area contributed by atoms with Gasteiger partial charge in [0.25, 0.3) is 0 Å². The number of phenolic OH excluding ortho intramolecular Hbond substituents is 1. The second-order valence-corrected chi connectivity index (χ2v) is 7.21. The summed E-state index contributed by atoms with van der Waals surface area (Å²) in [6.07, 6.45) is 1.95. The molecule has 4 rings (SSSR count). The highest BCUT2D eigenvalue weighted by Crippen LogP contribution is 2.33. The van der Waals surface area contributed by atoms with Crippen LogP contribution in [0.4, 0.5) is 10.5 Å². The quantitative estimate of drug-likeness (QED) is 0.554. The number of carbonyl (C=O) groups excluding carboxylic acids is 1. The summed E-state index contributed by atoms with van der Waals surface area (Å²) in [6.45, 7) is 0.425. The number of rotatable bonds is 7. The molecule has 1 aliphatic rings. The molecule has 0 spiro atoms. The van der Waals surface area contributed by atoms with Gasteiger partial charge in [-0.3, -0.25) is 0 Å². The molecular formula is C24H24N2O4. The molecule has 3 aromatic carbocycles. The highest BCUT2D eigenvalue weighted by atomic mass is 16.5. The maximum absolute atomic E-state index is 13.1. The number of amides is 2. The predicted molar refractivity (Wildman–Crippen MR) is 115 cm³/mol. The number of hydrogen-bond donors (Lipinski definition) is 2. The van der Waals surface area contributed by atoms with E-state index in [0.29, 0.717) is 29.5 Å². The van der Waals surface area contributed by atoms with Gasteiger partial charge in [-0.1, -0.05) is 36.4 Å². The Morgan fingerprint density at radius 1 is 1.03 bits per heavy atom. The van der Waals surface area contributed by atoms with E-state index in [1.54, 1.807) is 18.2 Å². The van der Waals surface area contributed by atoms with Gasteiger partial charge in [0, 0.05) is 12.6 Å². The topological polar surface area (TPSA) is 71.0 Å². The molecule has 0 heterocycles. The van der Waals surface area contributed by atoms with E-state index in [1.165, 1.54) is 7.11 Å². The molecule has 154 valence electrons. The maximum atomic E-state index is 13.1. The molecule has 0 aliphatic heterocycles. The van der Waals surface area contributed by atoms with Crippen LogP contribution in [0.3, 0.4) is 0 Å². The first-order valence-corrected chi connectivity index (χ1v) is 9.89. The fourth-order valence-corrected chi connectivity index (χ4v) is 3.23. The first-order chi connectivity index (χ1) is 14.6. The van der Waals surface area contributed by atoms with Crippen molar-refractivity contribution in [2.45, 2.75) is 25.4 Å². The summed E-state index contributed by atoms with van der Waals surface area (Å²) in [5, 5.41) is 12.8. The van der Waals surface area contributed by atoms with Crippen LogP contribution in [0.15, 0.2) is 72.8 Å². The largest absolute Gasteiger partial charge is 0.504 e. The van der Waals surface area contributed by atoms with Gasteiger partial charge < -0.3 is 24.8 Å². The van der Waals surface area contributed by atoms with Crippen LogP contribution in [0.5, 0.6) is 23.0 Å². The third-order valence-corrected chi connectivity index (χ3v) is 4.95. The summed E-state index contributed by atoms with van der Waals surface area (Å²) in [7, 11) is 1.51. The lowest BCUT2D eigenvalue weighted by molar-refractivity contribution is 0.206. The molecule has 0 aromatic heterocycles. The molecule has 1 fully saturated rings. The Labute approximate surface area is 175 Å². The number of ether oxygens (including phenoxy) is 2. The van der Waals surface area contributed by atoms with Gasteiger partial charge in [0.15, 0.2) is 17.2 Å². The smallest absolute Gasteiger partial charge is 0.322 e. The van der Waals surface area contributed by atoms with Crippen molar-refractivity contribution in [1.82, 2.24) is 4.90 Å². The van der Waals surface area contributed by atoms with Crippen LogP contribution in [-0.2, 0) is 6.54 Å². The van der Waals surface area contributed by atoms with E-state index in [0.717, 1.165) is 18.4 Å². The van der Waals surface area contributed by atoms with Crippen molar-refractivity contribution in [1.29, 1.82) is 0 Å². The Hall–Kier alpha value is -3.67. The summed E-state index contributed by atoms with van der Waals surface area (Å²) >= 11 is 0. The standard InChI is InChI=1S/C24H24N2O4/c1-29-23-15-17(11-14-21(23)27)16-26(18-12-13-18)24(28)25-20-9-5-6-10-22(20)30-19-7-3-2-4-8-19/h2-11,14-15,18,27H,12-13,16H2,1H3,(H,25,28). The average molecular weight is 404 g/mol. The number of aromatic hydroxyl groups is 1. The summed E-state index contributed by atoms with van der Waals surface area (Å²) in [5.74, 6) is 1.76. The van der Waals surface area contributed by atoms with E-state index in [4.69, 9.17) is 9.47 Å². The Bertz CT molecular complexity index is 1020. The first kappa shape index (κ1) is 19.6. The molecular weight excluding hydrogens is 380 g/mol. The highest BCUT2D eigenvalue weighted by molar-refractivity contribution is 5.91. The first-order valence-electron chi connectivity index (χ1n) is 9.89. The van der Waals surface area contributed by atoms with Crippen molar-refractivity contribution < 1.29 is 19.4 Å². The van der Waals surface area contributed by atoms with Gasteiger partial charge in [-0.25, -0.2) is 4.79 Å². The molecule has 2 N–H and O–H groups in total. The molecule has 1 aliphatic carbocycles. The van der Waals surface area contributed by atoms with Crippen molar-refractivity contribution in [2.24, 2.45) is 0 Å². The van der Waals surface area contributed by atoms with Gasteiger partial charge in [0.2, 0.25) is 0 Å². The second kappa shape index (κ2) is 8.78. The van der Waals surface area contributed by atoms with Crippen LogP contribution >= 0.6 is 0 Å². The van der Waals surface area contributed by atoms with Gasteiger partial charge in [0.1, 0.15) is 5.75 Å². The zero-order valence-electron chi connectivity index (χ0n) is 16.7. The number of carbonyl (C=O) groups is 1. The van der Waals surface area contributed by atoms with Crippen LogP contribution in [0, 0.1) is 0 Å². The summed E-state index contributed by atoms with van der Waals surface area (Å²) in [6, 6.07) is 22.0. The van der Waals surface area contributed by atoms with Crippen LogP contribution < -0.4 is 14.8 Å². The SMILES string of the molecule is COc1cc(CN(C(=O)Nc2ccccc2Oc2ccccc2)C2CC2)ccc1O. The Balaban J connectivity index is 1.50. The van der Waals surface area contributed by atoms with Crippen molar-refractivity contribution >= 4 is 11.7 Å². The molecule has 6 nitrogen and oxygen atoms in total. The fourth-order valence-electron chi connectivity index (χ4n) is 3.23. The molecule has 30 heavy (non-hydrogen) atoms. The molecule has 0 saturated heterocycles. The zero-order valence-corrected chi connectivity index (χ0v) is 16.7. The lowest BCUT2D eigenvalue weighted by Crippen LogP contribution is -2.36. The Kier molecular flexibility index (Phi) is 5.75. The molecule has 0 bridgehead atoms. The Morgan fingerprint density at radius 2 is 1.77 bits per heavy atom. The van der Waals surface area contributed by atoms with E-state index in [1.807, 2.05) is 59.5 Å². The molecule has 1 saturated carbocycles. The number of benzene rings is 3. The molecule has 6 heteroatoms. The van der Waals surface area contributed by atoms with Gasteiger partial charge in [-0.2, -0.15) is 0 Å². The summed E-state index contributed by atoms with van der Waals surface area (Å²) in [4.78, 5) is 14.9. The normalized spacial score (nSPS) is 12.8. The number of nitrogens with zero attached hydrogens (tertiary/aromatic N) is 1. The van der Waals surface area contributed by atoms with Crippen LogP contribution in [0.2, 0.25) is 0 Å². The molecule has 0 unspecified atom stereocenters. The van der Waals surface area contributed by atoms with Crippen LogP contribution in [0.1, 0.15) is 18.4 Å². The van der Waals surface area contributed by atoms with E-state index in [9.17, 15) is 9.90 Å². The minimum Gasteiger partial charge on any atom is -0.504 e. The van der Waals surface area contributed by atoms with E-state index in [-0.39, 0.29) is 17.8 Å². The summed E-state index contributed by atoms with van der Waals surface area (Å²) < 4.78 is 11.1. The number of para-hydroxylation sites is 3.